The summed E-state index contributed by atoms with van der Waals surface area (Å²) < 4.78 is 1.38. The number of hydrogen-bond donors (Lipinski definition) is 2. The maximum Gasteiger partial charge on any atom is 0.339 e. The molecule has 0 saturated heterocycles. The number of tetrazole rings is 1. The number of nitrogens with one attached hydrogen (secondary N) is 1. The van der Waals surface area contributed by atoms with Gasteiger partial charge in [-0.05, 0) is 5.21 Å². The largest absolute Gasteiger partial charge is 0.478 e. The van der Waals surface area contributed by atoms with E-state index in [1.54, 1.807) is 7.05 Å². The Morgan fingerprint density at radius 2 is 2.43 bits per heavy atom. The summed E-state index contributed by atoms with van der Waals surface area (Å²) in [5.41, 5.74) is 0.375. The van der Waals surface area contributed by atoms with Crippen LogP contribution in [-0.4, -0.2) is 41.5 Å². The van der Waals surface area contributed by atoms with Crippen LogP contribution in [0.1, 0.15) is 10.4 Å². The number of aryl methyl sites for hydroxylation is 1. The van der Waals surface area contributed by atoms with Crippen molar-refractivity contribution < 1.29 is 9.90 Å². The van der Waals surface area contributed by atoms with E-state index in [9.17, 15) is 4.79 Å². The number of carboxylic acid groups (broad SMARTS) is 1. The number of aromatic nitrogens is 6. The fourth-order valence-electron chi connectivity index (χ4n) is 1.12. The quantitative estimate of drug-likeness (QED) is 0.654. The lowest BCUT2D eigenvalue weighted by molar-refractivity contribution is 0.0697. The van der Waals surface area contributed by atoms with Gasteiger partial charge in [0.05, 0.1) is 6.20 Å². The third-order valence-electron chi connectivity index (χ3n) is 1.73. The van der Waals surface area contributed by atoms with Crippen molar-refractivity contribution >= 4 is 5.97 Å². The molecule has 72 valence electrons. The lowest BCUT2D eigenvalue weighted by Gasteiger charge is -1.96. The van der Waals surface area contributed by atoms with E-state index in [2.05, 4.69) is 25.7 Å². The van der Waals surface area contributed by atoms with Crippen LogP contribution in [0, 0.1) is 0 Å². The molecule has 0 radical (unpaired) electrons. The van der Waals surface area contributed by atoms with Crippen LogP contribution < -0.4 is 0 Å². The smallest absolute Gasteiger partial charge is 0.339 e. The van der Waals surface area contributed by atoms with E-state index < -0.39 is 5.97 Å². The SMILES string of the molecule is Cn1ncc(C(=O)O)c1-c1nn[nH]n1. The zero-order chi connectivity index (χ0) is 10.1. The number of carboxylic acids is 1. The molecule has 0 unspecified atom stereocenters. The molecule has 0 spiro atoms. The third-order valence-corrected chi connectivity index (χ3v) is 1.73. The minimum absolute atomic E-state index is 0.0499. The van der Waals surface area contributed by atoms with Crippen molar-refractivity contribution in [3.05, 3.63) is 11.8 Å². The molecule has 0 aliphatic rings. The Balaban J connectivity index is 2.62. The zero-order valence-corrected chi connectivity index (χ0v) is 7.17. The number of rotatable bonds is 2. The summed E-state index contributed by atoms with van der Waals surface area (Å²) in [6.07, 6.45) is 1.24. The predicted molar refractivity (Wildman–Crippen MR) is 43.3 cm³/mol. The van der Waals surface area contributed by atoms with Crippen LogP contribution in [0.3, 0.4) is 0 Å². The Hall–Kier alpha value is -2.25. The minimum atomic E-state index is -1.07. The Kier molecular flexibility index (Phi) is 1.73. The first-order valence-electron chi connectivity index (χ1n) is 3.69. The van der Waals surface area contributed by atoms with Gasteiger partial charge in [-0.15, -0.1) is 10.2 Å². The molecule has 2 N–H and O–H groups in total. The second-order valence-electron chi connectivity index (χ2n) is 2.57. The first kappa shape index (κ1) is 8.35. The van der Waals surface area contributed by atoms with Crippen molar-refractivity contribution in [2.75, 3.05) is 0 Å². The lowest BCUT2D eigenvalue weighted by atomic mass is 10.2. The summed E-state index contributed by atoms with van der Waals surface area (Å²) in [4.78, 5) is 10.8. The molecular weight excluding hydrogens is 188 g/mol. The first-order chi connectivity index (χ1) is 6.70. The normalized spacial score (nSPS) is 10.4. The molecule has 8 heteroatoms. The number of aromatic amines is 1. The van der Waals surface area contributed by atoms with Gasteiger partial charge in [0.15, 0.2) is 0 Å². The molecule has 0 fully saturated rings. The average Bonchev–Trinajstić information content (AvgIpc) is 2.71. The van der Waals surface area contributed by atoms with Gasteiger partial charge in [-0.3, -0.25) is 4.68 Å². The van der Waals surface area contributed by atoms with Crippen LogP contribution in [0.2, 0.25) is 0 Å². The Labute approximate surface area is 77.6 Å². The highest BCUT2D eigenvalue weighted by molar-refractivity contribution is 5.93. The van der Waals surface area contributed by atoms with E-state index in [1.165, 1.54) is 10.9 Å². The highest BCUT2D eigenvalue weighted by atomic mass is 16.4. The van der Waals surface area contributed by atoms with Gasteiger partial charge >= 0.3 is 5.97 Å². The molecule has 2 aromatic rings. The number of hydrogen-bond acceptors (Lipinski definition) is 5. The number of H-pyrrole nitrogens is 1. The van der Waals surface area contributed by atoms with E-state index in [0.29, 0.717) is 5.69 Å². The van der Waals surface area contributed by atoms with E-state index in [0.717, 1.165) is 0 Å². The summed E-state index contributed by atoms with van der Waals surface area (Å²) >= 11 is 0. The van der Waals surface area contributed by atoms with Crippen molar-refractivity contribution in [3.63, 3.8) is 0 Å². The van der Waals surface area contributed by atoms with Crippen LogP contribution in [0.5, 0.6) is 0 Å². The fraction of sp³-hybridized carbons (Fsp3) is 0.167. The molecule has 0 aromatic carbocycles. The van der Waals surface area contributed by atoms with Gasteiger partial charge in [0, 0.05) is 7.05 Å². The van der Waals surface area contributed by atoms with Gasteiger partial charge in [0.25, 0.3) is 0 Å². The number of nitrogens with zero attached hydrogens (tertiary/aromatic N) is 5. The zero-order valence-electron chi connectivity index (χ0n) is 7.17. The van der Waals surface area contributed by atoms with E-state index in [-0.39, 0.29) is 11.4 Å². The van der Waals surface area contributed by atoms with E-state index >= 15 is 0 Å². The average molecular weight is 194 g/mol. The van der Waals surface area contributed by atoms with Gasteiger partial charge in [-0.25, -0.2) is 4.79 Å². The summed E-state index contributed by atoms with van der Waals surface area (Å²) in [6, 6.07) is 0. The standard InChI is InChI=1S/C6H6N6O2/c1-12-4(5-8-10-11-9-5)3(2-7-12)6(13)14/h2H,1H3,(H,13,14)(H,8,9,10,11). The molecule has 8 nitrogen and oxygen atoms in total. The van der Waals surface area contributed by atoms with Crippen LogP contribution in [-0.2, 0) is 7.05 Å². The summed E-state index contributed by atoms with van der Waals surface area (Å²) in [6.45, 7) is 0. The molecule has 2 rings (SSSR count). The van der Waals surface area contributed by atoms with Gasteiger partial charge in [-0.2, -0.15) is 10.3 Å². The Morgan fingerprint density at radius 3 is 3.00 bits per heavy atom. The van der Waals surface area contributed by atoms with Gasteiger partial charge in [0.1, 0.15) is 11.3 Å². The van der Waals surface area contributed by atoms with Gasteiger partial charge in [-0.1, -0.05) is 0 Å². The van der Waals surface area contributed by atoms with Crippen LogP contribution in [0.15, 0.2) is 6.20 Å². The Morgan fingerprint density at radius 1 is 1.64 bits per heavy atom. The molecule has 0 amide bonds. The van der Waals surface area contributed by atoms with Crippen molar-refractivity contribution in [2.24, 2.45) is 7.05 Å². The van der Waals surface area contributed by atoms with Crippen LogP contribution in [0.4, 0.5) is 0 Å². The third kappa shape index (κ3) is 1.13. The topological polar surface area (TPSA) is 110 Å². The molecular formula is C6H6N6O2. The minimum Gasteiger partial charge on any atom is -0.478 e. The second-order valence-corrected chi connectivity index (χ2v) is 2.57. The molecule has 0 atom stereocenters. The molecule has 0 saturated carbocycles. The molecule has 0 bridgehead atoms. The molecule has 2 heterocycles. The van der Waals surface area contributed by atoms with Crippen LogP contribution in [0.25, 0.3) is 11.5 Å². The first-order valence-corrected chi connectivity index (χ1v) is 3.69. The maximum atomic E-state index is 10.8. The van der Waals surface area contributed by atoms with E-state index in [4.69, 9.17) is 5.11 Å². The highest BCUT2D eigenvalue weighted by Gasteiger charge is 2.19. The Bertz CT molecular complexity index is 459. The summed E-state index contributed by atoms with van der Waals surface area (Å²) in [7, 11) is 1.61. The van der Waals surface area contributed by atoms with Crippen molar-refractivity contribution in [1.82, 2.24) is 30.4 Å². The highest BCUT2D eigenvalue weighted by Crippen LogP contribution is 2.17. The monoisotopic (exact) mass is 194 g/mol. The van der Waals surface area contributed by atoms with Crippen molar-refractivity contribution in [2.45, 2.75) is 0 Å². The molecule has 14 heavy (non-hydrogen) atoms. The number of aromatic carboxylic acids is 1. The van der Waals surface area contributed by atoms with Crippen LogP contribution >= 0.6 is 0 Å². The van der Waals surface area contributed by atoms with Crippen molar-refractivity contribution in [1.29, 1.82) is 0 Å². The molecule has 0 aliphatic heterocycles. The lowest BCUT2D eigenvalue weighted by Crippen LogP contribution is -2.01. The molecule has 0 aliphatic carbocycles. The molecule has 2 aromatic heterocycles. The predicted octanol–water partition coefficient (Wildman–Crippen LogP) is -0.702. The maximum absolute atomic E-state index is 10.8. The summed E-state index contributed by atoms with van der Waals surface area (Å²) in [5.74, 6) is -0.861. The van der Waals surface area contributed by atoms with Crippen molar-refractivity contribution in [3.8, 4) is 11.5 Å². The fourth-order valence-corrected chi connectivity index (χ4v) is 1.12. The number of carbonyl (C=O) groups is 1. The summed E-state index contributed by atoms with van der Waals surface area (Å²) in [5, 5.41) is 25.6. The van der Waals surface area contributed by atoms with Gasteiger partial charge < -0.3 is 5.11 Å². The second kappa shape index (κ2) is 2.91. The van der Waals surface area contributed by atoms with E-state index in [1.807, 2.05) is 0 Å². The van der Waals surface area contributed by atoms with Gasteiger partial charge in [0.2, 0.25) is 5.82 Å².